The van der Waals surface area contributed by atoms with E-state index < -0.39 is 54.9 Å². The SMILES string of the molecule is O=C1C[C@@H](c2cc(O)cc(O)c2)Oc2cc(O[C@@H]3O[C@H](CO)[C@@H](O)[C@H](O)[C@H]3O)cc(O)c21. The maximum atomic E-state index is 12.6. The molecule has 0 radical (unpaired) electrons. The summed E-state index contributed by atoms with van der Waals surface area (Å²) in [5.41, 5.74) is 0.244. The predicted molar refractivity (Wildman–Crippen MR) is 105 cm³/mol. The van der Waals surface area contributed by atoms with Crippen molar-refractivity contribution in [2.75, 3.05) is 6.61 Å². The molecule has 2 aliphatic heterocycles. The smallest absolute Gasteiger partial charge is 0.229 e. The van der Waals surface area contributed by atoms with Gasteiger partial charge in [0.1, 0.15) is 64.8 Å². The van der Waals surface area contributed by atoms with Gasteiger partial charge in [0, 0.05) is 23.8 Å². The average molecular weight is 450 g/mol. The van der Waals surface area contributed by atoms with Gasteiger partial charge in [0.15, 0.2) is 5.78 Å². The summed E-state index contributed by atoms with van der Waals surface area (Å²) >= 11 is 0. The lowest BCUT2D eigenvalue weighted by atomic mass is 9.95. The molecule has 0 amide bonds. The minimum Gasteiger partial charge on any atom is -0.508 e. The zero-order chi connectivity index (χ0) is 23.2. The second kappa shape index (κ2) is 8.45. The first kappa shape index (κ1) is 22.1. The molecule has 1 saturated heterocycles. The number of Topliss-reactive ketones (excluding diaryl/α,β-unsaturated/α-hetero) is 1. The molecular weight excluding hydrogens is 428 g/mol. The molecule has 0 aliphatic carbocycles. The highest BCUT2D eigenvalue weighted by atomic mass is 16.7. The van der Waals surface area contributed by atoms with E-state index in [9.17, 15) is 40.5 Å². The van der Waals surface area contributed by atoms with Crippen LogP contribution in [0.15, 0.2) is 30.3 Å². The number of ether oxygens (including phenoxy) is 3. The fraction of sp³-hybridized carbons (Fsp3) is 0.381. The number of aromatic hydroxyl groups is 3. The Morgan fingerprint density at radius 2 is 1.62 bits per heavy atom. The van der Waals surface area contributed by atoms with Crippen LogP contribution < -0.4 is 9.47 Å². The highest BCUT2D eigenvalue weighted by molar-refractivity contribution is 6.02. The Bertz CT molecular complexity index is 1000. The number of carbonyl (C=O) groups is 1. The van der Waals surface area contributed by atoms with Crippen LogP contribution in [-0.4, -0.2) is 78.8 Å². The number of rotatable bonds is 4. The molecule has 0 saturated carbocycles. The molecule has 7 N–H and O–H groups in total. The quantitative estimate of drug-likeness (QED) is 0.324. The van der Waals surface area contributed by atoms with Gasteiger partial charge in [-0.3, -0.25) is 4.79 Å². The van der Waals surface area contributed by atoms with Crippen molar-refractivity contribution in [3.05, 3.63) is 41.5 Å². The Morgan fingerprint density at radius 3 is 2.28 bits per heavy atom. The molecule has 0 bridgehead atoms. The molecule has 0 aromatic heterocycles. The van der Waals surface area contributed by atoms with Crippen LogP contribution in [-0.2, 0) is 4.74 Å². The van der Waals surface area contributed by atoms with E-state index in [1.165, 1.54) is 18.2 Å². The van der Waals surface area contributed by atoms with Gasteiger partial charge < -0.3 is 50.0 Å². The average Bonchev–Trinajstić information content (AvgIpc) is 2.73. The number of ketones is 1. The number of carbonyl (C=O) groups excluding carboxylic acids is 1. The Kier molecular flexibility index (Phi) is 5.84. The maximum Gasteiger partial charge on any atom is 0.229 e. The lowest BCUT2D eigenvalue weighted by Gasteiger charge is -2.39. The lowest BCUT2D eigenvalue weighted by Crippen LogP contribution is -2.60. The van der Waals surface area contributed by atoms with Gasteiger partial charge in [0.2, 0.25) is 6.29 Å². The molecule has 2 aliphatic rings. The predicted octanol–water partition coefficient (Wildman–Crippen LogP) is -0.311. The van der Waals surface area contributed by atoms with Crippen LogP contribution in [0, 0.1) is 0 Å². The lowest BCUT2D eigenvalue weighted by molar-refractivity contribution is -0.277. The van der Waals surface area contributed by atoms with E-state index in [0.29, 0.717) is 5.56 Å². The Labute approximate surface area is 181 Å². The van der Waals surface area contributed by atoms with Crippen molar-refractivity contribution in [3.8, 4) is 28.7 Å². The summed E-state index contributed by atoms with van der Waals surface area (Å²) < 4.78 is 16.6. The second-order valence-electron chi connectivity index (χ2n) is 7.65. The van der Waals surface area contributed by atoms with Crippen LogP contribution in [0.25, 0.3) is 0 Å². The van der Waals surface area contributed by atoms with Crippen LogP contribution in [0.2, 0.25) is 0 Å². The zero-order valence-electron chi connectivity index (χ0n) is 16.5. The summed E-state index contributed by atoms with van der Waals surface area (Å²) in [6, 6.07) is 6.15. The summed E-state index contributed by atoms with van der Waals surface area (Å²) in [7, 11) is 0. The summed E-state index contributed by atoms with van der Waals surface area (Å²) in [5.74, 6) is -1.47. The number of aliphatic hydroxyl groups excluding tert-OH is 4. The van der Waals surface area contributed by atoms with Crippen molar-refractivity contribution in [3.63, 3.8) is 0 Å². The third-order valence-electron chi connectivity index (χ3n) is 5.37. The van der Waals surface area contributed by atoms with E-state index in [1.54, 1.807) is 0 Å². The second-order valence-corrected chi connectivity index (χ2v) is 7.65. The number of phenols is 3. The van der Waals surface area contributed by atoms with Crippen molar-refractivity contribution in [2.24, 2.45) is 0 Å². The fourth-order valence-corrected chi connectivity index (χ4v) is 3.77. The third-order valence-corrected chi connectivity index (χ3v) is 5.37. The van der Waals surface area contributed by atoms with E-state index in [4.69, 9.17) is 14.2 Å². The Balaban J connectivity index is 1.61. The molecule has 0 unspecified atom stereocenters. The van der Waals surface area contributed by atoms with Crippen LogP contribution in [0.1, 0.15) is 28.4 Å². The Hall–Kier alpha value is -3.09. The molecule has 32 heavy (non-hydrogen) atoms. The van der Waals surface area contributed by atoms with Gasteiger partial charge in [0.25, 0.3) is 0 Å². The number of fused-ring (bicyclic) bond motifs is 1. The molecule has 1 fully saturated rings. The van der Waals surface area contributed by atoms with Crippen molar-refractivity contribution >= 4 is 5.78 Å². The van der Waals surface area contributed by atoms with E-state index >= 15 is 0 Å². The molecule has 172 valence electrons. The minimum atomic E-state index is -1.67. The summed E-state index contributed by atoms with van der Waals surface area (Å²) in [6.45, 7) is -0.643. The fourth-order valence-electron chi connectivity index (χ4n) is 3.77. The van der Waals surface area contributed by atoms with Crippen LogP contribution in [0.3, 0.4) is 0 Å². The van der Waals surface area contributed by atoms with Gasteiger partial charge >= 0.3 is 0 Å². The summed E-state index contributed by atoms with van der Waals surface area (Å²) in [5, 5.41) is 69.0. The van der Waals surface area contributed by atoms with Crippen LogP contribution in [0.4, 0.5) is 0 Å². The molecule has 2 aromatic carbocycles. The van der Waals surface area contributed by atoms with Gasteiger partial charge in [-0.15, -0.1) is 0 Å². The van der Waals surface area contributed by atoms with Gasteiger partial charge in [-0.05, 0) is 12.1 Å². The van der Waals surface area contributed by atoms with Crippen molar-refractivity contribution < 1.29 is 54.8 Å². The first-order valence-corrected chi connectivity index (χ1v) is 9.75. The number of hydrogen-bond acceptors (Lipinski definition) is 11. The van der Waals surface area contributed by atoms with Gasteiger partial charge in [-0.1, -0.05) is 0 Å². The van der Waals surface area contributed by atoms with Gasteiger partial charge in [0.05, 0.1) is 13.0 Å². The number of aliphatic hydroxyl groups is 4. The zero-order valence-corrected chi connectivity index (χ0v) is 16.5. The van der Waals surface area contributed by atoms with E-state index in [0.717, 1.165) is 12.1 Å². The van der Waals surface area contributed by atoms with Gasteiger partial charge in [-0.25, -0.2) is 0 Å². The van der Waals surface area contributed by atoms with E-state index in [-0.39, 0.29) is 35.0 Å². The number of phenolic OH excluding ortho intramolecular Hbond substituents is 3. The number of hydrogen-bond donors (Lipinski definition) is 7. The topological polar surface area (TPSA) is 186 Å². The van der Waals surface area contributed by atoms with Crippen LogP contribution >= 0.6 is 0 Å². The number of benzene rings is 2. The van der Waals surface area contributed by atoms with Crippen molar-refractivity contribution in [1.82, 2.24) is 0 Å². The normalized spacial score (nSPS) is 29.8. The first-order valence-electron chi connectivity index (χ1n) is 9.75. The molecule has 2 aromatic rings. The molecule has 2 heterocycles. The standard InChI is InChI=1S/C21H22O11/c22-7-16-18(27)19(28)20(29)21(32-16)30-11-4-12(25)17-13(26)6-14(31-15(17)5-11)8-1-9(23)3-10(24)2-8/h1-5,14,16,18-25,27-29H,6-7H2/t14-,16+,18+,19-,20+,21+/m0/s1. The molecular formula is C21H22O11. The van der Waals surface area contributed by atoms with E-state index in [1.807, 2.05) is 0 Å². The highest BCUT2D eigenvalue weighted by Crippen LogP contribution is 2.43. The Morgan fingerprint density at radius 1 is 0.938 bits per heavy atom. The molecule has 11 nitrogen and oxygen atoms in total. The minimum absolute atomic E-state index is 0.0475. The highest BCUT2D eigenvalue weighted by Gasteiger charge is 2.45. The third kappa shape index (κ3) is 4.04. The van der Waals surface area contributed by atoms with Crippen molar-refractivity contribution in [2.45, 2.75) is 43.2 Å². The molecule has 11 heteroatoms. The summed E-state index contributed by atoms with van der Waals surface area (Å²) in [6.07, 6.45) is -8.60. The molecule has 6 atom stereocenters. The van der Waals surface area contributed by atoms with E-state index in [2.05, 4.69) is 0 Å². The largest absolute Gasteiger partial charge is 0.508 e. The first-order chi connectivity index (χ1) is 15.2. The summed E-state index contributed by atoms with van der Waals surface area (Å²) in [4.78, 5) is 12.6. The maximum absolute atomic E-state index is 12.6. The van der Waals surface area contributed by atoms with Gasteiger partial charge in [-0.2, -0.15) is 0 Å². The monoisotopic (exact) mass is 450 g/mol. The van der Waals surface area contributed by atoms with Crippen molar-refractivity contribution in [1.29, 1.82) is 0 Å². The molecule has 4 rings (SSSR count). The molecule has 0 spiro atoms. The van der Waals surface area contributed by atoms with Crippen LogP contribution in [0.5, 0.6) is 28.7 Å².